The van der Waals surface area contributed by atoms with E-state index in [1.54, 1.807) is 12.3 Å². The maximum absolute atomic E-state index is 11.7. The molecule has 112 valence electrons. The summed E-state index contributed by atoms with van der Waals surface area (Å²) in [5, 5.41) is 8.41. The van der Waals surface area contributed by atoms with Gasteiger partial charge in [0, 0.05) is 12.4 Å². The lowest BCUT2D eigenvalue weighted by Gasteiger charge is -2.08. The van der Waals surface area contributed by atoms with Crippen molar-refractivity contribution in [1.82, 2.24) is 19.6 Å². The Morgan fingerprint density at radius 3 is 2.81 bits per heavy atom. The first-order chi connectivity index (χ1) is 10.2. The molecule has 2 aromatic heterocycles. The monoisotopic (exact) mass is 289 g/mol. The molecule has 1 saturated carbocycles. The summed E-state index contributed by atoms with van der Waals surface area (Å²) in [4.78, 5) is 11.7. The normalized spacial score (nSPS) is 15.4. The topological polar surface area (TPSA) is 88.0 Å². The lowest BCUT2D eigenvalue weighted by atomic mass is 10.3. The quantitative estimate of drug-likeness (QED) is 0.843. The molecular weight excluding hydrogens is 270 g/mol. The molecule has 0 atom stereocenters. The molecule has 0 amide bonds. The van der Waals surface area contributed by atoms with Crippen molar-refractivity contribution in [2.45, 2.75) is 44.9 Å². The first-order valence-electron chi connectivity index (χ1n) is 7.19. The van der Waals surface area contributed by atoms with Gasteiger partial charge in [-0.3, -0.25) is 14.2 Å². The van der Waals surface area contributed by atoms with E-state index in [4.69, 9.17) is 10.5 Å². The zero-order valence-corrected chi connectivity index (χ0v) is 11.8. The van der Waals surface area contributed by atoms with Crippen molar-refractivity contribution in [1.29, 1.82) is 0 Å². The van der Waals surface area contributed by atoms with Crippen molar-refractivity contribution in [2.75, 3.05) is 5.73 Å². The van der Waals surface area contributed by atoms with E-state index in [2.05, 4.69) is 10.2 Å². The maximum atomic E-state index is 11.7. The molecule has 0 radical (unpaired) electrons. The third-order valence-electron chi connectivity index (χ3n) is 3.70. The zero-order valence-electron chi connectivity index (χ0n) is 11.8. The average molecular weight is 289 g/mol. The third-order valence-corrected chi connectivity index (χ3v) is 3.70. The SMILES string of the molecule is Nc1ccn(CC(=O)OCc2ccn(C3CCCC3)n2)n1. The molecule has 1 aliphatic rings. The summed E-state index contributed by atoms with van der Waals surface area (Å²) in [6.45, 7) is 0.246. The van der Waals surface area contributed by atoms with E-state index in [-0.39, 0.29) is 19.1 Å². The molecule has 0 unspecified atom stereocenters. The highest BCUT2D eigenvalue weighted by Gasteiger charge is 2.17. The first-order valence-corrected chi connectivity index (χ1v) is 7.19. The van der Waals surface area contributed by atoms with Gasteiger partial charge in [-0.25, -0.2) is 0 Å². The van der Waals surface area contributed by atoms with E-state index in [9.17, 15) is 4.79 Å². The van der Waals surface area contributed by atoms with E-state index in [1.165, 1.54) is 30.4 Å². The predicted molar refractivity (Wildman–Crippen MR) is 76.2 cm³/mol. The number of rotatable bonds is 5. The molecule has 21 heavy (non-hydrogen) atoms. The minimum absolute atomic E-state index is 0.0561. The first kappa shape index (κ1) is 13.7. The number of hydrogen-bond donors (Lipinski definition) is 1. The number of carbonyl (C=O) groups excluding carboxylic acids is 1. The van der Waals surface area contributed by atoms with Crippen LogP contribution in [0.5, 0.6) is 0 Å². The van der Waals surface area contributed by atoms with Crippen molar-refractivity contribution in [3.63, 3.8) is 0 Å². The van der Waals surface area contributed by atoms with Gasteiger partial charge in [0.1, 0.15) is 19.0 Å². The van der Waals surface area contributed by atoms with Crippen molar-refractivity contribution in [2.24, 2.45) is 0 Å². The number of nitrogen functional groups attached to an aromatic ring is 1. The molecule has 1 aliphatic carbocycles. The van der Waals surface area contributed by atoms with Crippen molar-refractivity contribution in [3.05, 3.63) is 30.2 Å². The lowest BCUT2D eigenvalue weighted by Crippen LogP contribution is -2.14. The van der Waals surface area contributed by atoms with Crippen LogP contribution in [0.2, 0.25) is 0 Å². The second kappa shape index (κ2) is 5.99. The molecule has 2 N–H and O–H groups in total. The molecule has 1 fully saturated rings. The van der Waals surface area contributed by atoms with E-state index in [1.807, 2.05) is 16.9 Å². The van der Waals surface area contributed by atoms with Gasteiger partial charge in [0.15, 0.2) is 0 Å². The fourth-order valence-electron chi connectivity index (χ4n) is 2.62. The molecule has 2 heterocycles. The minimum Gasteiger partial charge on any atom is -0.458 e. The van der Waals surface area contributed by atoms with Crippen LogP contribution in [0.15, 0.2) is 24.5 Å². The highest BCUT2D eigenvalue weighted by Crippen LogP contribution is 2.28. The fraction of sp³-hybridized carbons (Fsp3) is 0.500. The van der Waals surface area contributed by atoms with Crippen LogP contribution in [0.25, 0.3) is 0 Å². The number of nitrogens with two attached hydrogens (primary N) is 1. The number of esters is 1. The molecule has 0 aliphatic heterocycles. The minimum atomic E-state index is -0.353. The summed E-state index contributed by atoms with van der Waals surface area (Å²) in [7, 11) is 0. The Hall–Kier alpha value is -2.31. The van der Waals surface area contributed by atoms with E-state index < -0.39 is 0 Å². The Kier molecular flexibility index (Phi) is 3.89. The maximum Gasteiger partial charge on any atom is 0.328 e. The predicted octanol–water partition coefficient (Wildman–Crippen LogP) is 1.52. The van der Waals surface area contributed by atoms with Crippen LogP contribution < -0.4 is 5.73 Å². The van der Waals surface area contributed by atoms with Crippen LogP contribution in [0.4, 0.5) is 5.82 Å². The van der Waals surface area contributed by atoms with Gasteiger partial charge in [-0.1, -0.05) is 12.8 Å². The van der Waals surface area contributed by atoms with Gasteiger partial charge in [0.25, 0.3) is 0 Å². The third kappa shape index (κ3) is 3.42. The lowest BCUT2D eigenvalue weighted by molar-refractivity contribution is -0.146. The van der Waals surface area contributed by atoms with Crippen molar-refractivity contribution < 1.29 is 9.53 Å². The van der Waals surface area contributed by atoms with Crippen LogP contribution in [-0.2, 0) is 22.7 Å². The summed E-state index contributed by atoms with van der Waals surface area (Å²) in [6.07, 6.45) is 8.51. The Morgan fingerprint density at radius 2 is 2.10 bits per heavy atom. The standard InChI is InChI=1S/C14H19N5O2/c15-13-6-7-18(17-13)9-14(20)21-10-11-5-8-19(16-11)12-3-1-2-4-12/h5-8,12H,1-4,9-10H2,(H2,15,17). The van der Waals surface area contributed by atoms with Gasteiger partial charge < -0.3 is 10.5 Å². The zero-order chi connectivity index (χ0) is 14.7. The summed E-state index contributed by atoms with van der Waals surface area (Å²) >= 11 is 0. The van der Waals surface area contributed by atoms with Crippen molar-refractivity contribution in [3.8, 4) is 0 Å². The summed E-state index contributed by atoms with van der Waals surface area (Å²) < 4.78 is 8.64. The van der Waals surface area contributed by atoms with E-state index in [0.717, 1.165) is 5.69 Å². The van der Waals surface area contributed by atoms with Crippen LogP contribution >= 0.6 is 0 Å². The number of ether oxygens (including phenoxy) is 1. The molecule has 0 bridgehead atoms. The van der Waals surface area contributed by atoms with Crippen LogP contribution in [0.3, 0.4) is 0 Å². The molecule has 0 spiro atoms. The Balaban J connectivity index is 1.49. The molecule has 3 rings (SSSR count). The largest absolute Gasteiger partial charge is 0.458 e. The summed E-state index contributed by atoms with van der Waals surface area (Å²) in [6, 6.07) is 4.04. The molecule has 0 saturated heterocycles. The van der Waals surface area contributed by atoms with Crippen LogP contribution in [0.1, 0.15) is 37.4 Å². The Morgan fingerprint density at radius 1 is 1.29 bits per heavy atom. The summed E-state index contributed by atoms with van der Waals surface area (Å²) in [5.41, 5.74) is 6.26. The molecule has 7 heteroatoms. The van der Waals surface area contributed by atoms with Gasteiger partial charge in [-0.15, -0.1) is 0 Å². The van der Waals surface area contributed by atoms with Gasteiger partial charge in [0.2, 0.25) is 0 Å². The molecule has 0 aromatic carbocycles. The van der Waals surface area contributed by atoms with Crippen LogP contribution in [0, 0.1) is 0 Å². The number of carbonyl (C=O) groups is 1. The van der Waals surface area contributed by atoms with Gasteiger partial charge in [0.05, 0.1) is 11.7 Å². The number of nitrogens with zero attached hydrogens (tertiary/aromatic N) is 4. The molecule has 2 aromatic rings. The van der Waals surface area contributed by atoms with E-state index in [0.29, 0.717) is 11.9 Å². The second-order valence-corrected chi connectivity index (χ2v) is 5.32. The average Bonchev–Trinajstić information content (AvgIpc) is 3.17. The Labute approximate surface area is 122 Å². The molecular formula is C14H19N5O2. The van der Waals surface area contributed by atoms with Gasteiger partial charge in [-0.05, 0) is 25.0 Å². The fourth-order valence-corrected chi connectivity index (χ4v) is 2.62. The highest BCUT2D eigenvalue weighted by atomic mass is 16.5. The second-order valence-electron chi connectivity index (χ2n) is 5.32. The molecule has 7 nitrogen and oxygen atoms in total. The van der Waals surface area contributed by atoms with E-state index >= 15 is 0 Å². The number of hydrogen-bond acceptors (Lipinski definition) is 5. The highest BCUT2D eigenvalue weighted by molar-refractivity contribution is 5.69. The smallest absolute Gasteiger partial charge is 0.328 e. The van der Waals surface area contributed by atoms with Crippen molar-refractivity contribution >= 4 is 11.8 Å². The van der Waals surface area contributed by atoms with Gasteiger partial charge >= 0.3 is 5.97 Å². The Bertz CT molecular complexity index is 612. The van der Waals surface area contributed by atoms with Crippen LogP contribution in [-0.4, -0.2) is 25.5 Å². The van der Waals surface area contributed by atoms with Gasteiger partial charge in [-0.2, -0.15) is 10.2 Å². The summed E-state index contributed by atoms with van der Waals surface area (Å²) in [5.74, 6) is 0.0339. The number of anilines is 1. The number of aromatic nitrogens is 4.